The van der Waals surface area contributed by atoms with E-state index in [1.807, 2.05) is 18.2 Å². The quantitative estimate of drug-likeness (QED) is 0.107. The van der Waals surface area contributed by atoms with Gasteiger partial charge in [-0.3, -0.25) is 4.79 Å². The number of hydrogen-bond acceptors (Lipinski definition) is 3. The van der Waals surface area contributed by atoms with Crippen LogP contribution in [0.5, 0.6) is 0 Å². The van der Waals surface area contributed by atoms with E-state index in [1.165, 1.54) is 76.2 Å². The van der Waals surface area contributed by atoms with Gasteiger partial charge < -0.3 is 15.9 Å². The van der Waals surface area contributed by atoms with E-state index in [1.54, 1.807) is 6.92 Å². The number of aliphatic carboxylic acids is 1. The molecule has 1 aromatic rings. The van der Waals surface area contributed by atoms with E-state index in [2.05, 4.69) is 31.2 Å². The van der Waals surface area contributed by atoms with Crippen LogP contribution in [0.3, 0.4) is 0 Å². The highest BCUT2D eigenvalue weighted by atomic mass is 16.4. The molecule has 4 heteroatoms. The van der Waals surface area contributed by atoms with E-state index in [4.69, 9.17) is 5.73 Å². The minimum absolute atomic E-state index is 0.0893. The number of carboxylic acids is 1. The molecule has 0 heterocycles. The summed E-state index contributed by atoms with van der Waals surface area (Å²) in [5.74, 6) is 0.0398. The van der Waals surface area contributed by atoms with Crippen LogP contribution >= 0.6 is 0 Å². The van der Waals surface area contributed by atoms with Crippen LogP contribution < -0.4 is 5.73 Å². The lowest BCUT2D eigenvalue weighted by atomic mass is 9.71. The van der Waals surface area contributed by atoms with E-state index in [9.17, 15) is 15.0 Å². The lowest BCUT2D eigenvalue weighted by Gasteiger charge is -2.34. The molecule has 1 saturated carbocycles. The fourth-order valence-corrected chi connectivity index (χ4v) is 6.95. The van der Waals surface area contributed by atoms with Gasteiger partial charge in [0.05, 0.1) is 12.0 Å². The SMILES string of the molecule is CCCCCC(CC=CCCC1CCCCC1)CCC(CCN)C(CCc1ccccc1)C(C(=O)O)C(C)O. The van der Waals surface area contributed by atoms with Crippen molar-refractivity contribution in [2.24, 2.45) is 35.3 Å². The zero-order valence-corrected chi connectivity index (χ0v) is 25.1. The summed E-state index contributed by atoms with van der Waals surface area (Å²) in [7, 11) is 0. The zero-order chi connectivity index (χ0) is 28.3. The summed E-state index contributed by atoms with van der Waals surface area (Å²) in [6, 6.07) is 10.3. The van der Waals surface area contributed by atoms with E-state index in [-0.39, 0.29) is 11.8 Å². The summed E-state index contributed by atoms with van der Waals surface area (Å²) >= 11 is 0. The maximum absolute atomic E-state index is 12.3. The van der Waals surface area contributed by atoms with Gasteiger partial charge in [0.15, 0.2) is 0 Å². The van der Waals surface area contributed by atoms with Crippen molar-refractivity contribution < 1.29 is 15.0 Å². The first-order chi connectivity index (χ1) is 19.0. The maximum atomic E-state index is 12.3. The summed E-state index contributed by atoms with van der Waals surface area (Å²) < 4.78 is 0. The minimum Gasteiger partial charge on any atom is -0.481 e. The van der Waals surface area contributed by atoms with Gasteiger partial charge in [0.1, 0.15) is 0 Å². The number of rotatable bonds is 21. The molecule has 1 aromatic carbocycles. The number of unbranched alkanes of at least 4 members (excludes halogenated alkanes) is 2. The third-order valence-corrected chi connectivity index (χ3v) is 9.28. The van der Waals surface area contributed by atoms with Crippen LogP contribution in [0.15, 0.2) is 42.5 Å². The molecule has 0 amide bonds. The Labute approximate surface area is 239 Å². The van der Waals surface area contributed by atoms with Crippen molar-refractivity contribution in [1.82, 2.24) is 0 Å². The number of benzene rings is 1. The lowest BCUT2D eigenvalue weighted by molar-refractivity contribution is -0.149. The zero-order valence-electron chi connectivity index (χ0n) is 25.1. The van der Waals surface area contributed by atoms with E-state index in [0.717, 1.165) is 44.4 Å². The Morgan fingerprint density at radius 3 is 2.38 bits per heavy atom. The van der Waals surface area contributed by atoms with Crippen molar-refractivity contribution >= 4 is 5.97 Å². The topological polar surface area (TPSA) is 83.6 Å². The van der Waals surface area contributed by atoms with E-state index >= 15 is 0 Å². The number of aliphatic hydroxyl groups is 1. The fourth-order valence-electron chi connectivity index (χ4n) is 6.95. The summed E-state index contributed by atoms with van der Waals surface area (Å²) in [6.45, 7) is 4.45. The highest BCUT2D eigenvalue weighted by Gasteiger charge is 2.37. The van der Waals surface area contributed by atoms with Crippen molar-refractivity contribution in [2.45, 2.75) is 129 Å². The van der Waals surface area contributed by atoms with E-state index < -0.39 is 18.0 Å². The minimum atomic E-state index is -0.884. The fraction of sp³-hybridized carbons (Fsp3) is 0.743. The highest BCUT2D eigenvalue weighted by molar-refractivity contribution is 5.71. The Bertz CT molecular complexity index is 771. The van der Waals surface area contributed by atoms with Gasteiger partial charge in [0.25, 0.3) is 0 Å². The van der Waals surface area contributed by atoms with Gasteiger partial charge in [-0.2, -0.15) is 0 Å². The maximum Gasteiger partial charge on any atom is 0.309 e. The van der Waals surface area contributed by atoms with Gasteiger partial charge in [-0.1, -0.05) is 107 Å². The smallest absolute Gasteiger partial charge is 0.309 e. The van der Waals surface area contributed by atoms with Gasteiger partial charge in [-0.15, -0.1) is 0 Å². The molecule has 1 aliphatic carbocycles. The van der Waals surface area contributed by atoms with Crippen LogP contribution in [0.25, 0.3) is 0 Å². The molecular formula is C35H59NO3. The number of carboxylic acid groups (broad SMARTS) is 1. The lowest BCUT2D eigenvalue weighted by Crippen LogP contribution is -2.38. The largest absolute Gasteiger partial charge is 0.481 e. The molecular weight excluding hydrogens is 482 g/mol. The molecule has 0 saturated heterocycles. The number of allylic oxidation sites excluding steroid dienone is 2. The Kier molecular flexibility index (Phi) is 17.4. The number of aliphatic hydroxyl groups excluding tert-OH is 1. The third-order valence-electron chi connectivity index (χ3n) is 9.28. The second-order valence-corrected chi connectivity index (χ2v) is 12.4. The molecule has 0 aliphatic heterocycles. The summed E-state index contributed by atoms with van der Waals surface area (Å²) in [4.78, 5) is 12.3. The predicted molar refractivity (Wildman–Crippen MR) is 165 cm³/mol. The third kappa shape index (κ3) is 13.5. The average Bonchev–Trinajstić information content (AvgIpc) is 2.93. The second-order valence-electron chi connectivity index (χ2n) is 12.4. The molecule has 0 aromatic heterocycles. The van der Waals surface area contributed by atoms with Gasteiger partial charge in [0, 0.05) is 0 Å². The highest BCUT2D eigenvalue weighted by Crippen LogP contribution is 2.36. The average molecular weight is 542 g/mol. The van der Waals surface area contributed by atoms with Gasteiger partial charge in [-0.05, 0) is 94.1 Å². The van der Waals surface area contributed by atoms with Crippen molar-refractivity contribution in [2.75, 3.05) is 6.54 Å². The first-order valence-corrected chi connectivity index (χ1v) is 16.3. The summed E-state index contributed by atoms with van der Waals surface area (Å²) in [5.41, 5.74) is 7.31. The van der Waals surface area contributed by atoms with Gasteiger partial charge in [-0.25, -0.2) is 0 Å². The molecule has 1 fully saturated rings. The normalized spacial score (nSPS) is 18.6. The molecule has 5 unspecified atom stereocenters. The molecule has 0 spiro atoms. The van der Waals surface area contributed by atoms with Crippen LogP contribution in [0, 0.1) is 29.6 Å². The first kappa shape index (κ1) is 33.6. The standard InChI is InChI=1S/C35H59NO3/c1-3-4-8-15-30(19-12-6-11-18-29-16-9-5-10-17-29)22-24-32(26-27-36)33(34(28(2)37)35(38)39)25-23-31-20-13-7-14-21-31/h6-7,12-14,20-21,28-30,32-34,37H,3-5,8-11,15-19,22-27,36H2,1-2H3,(H,38,39). The van der Waals surface area contributed by atoms with Crippen LogP contribution in [-0.2, 0) is 11.2 Å². The van der Waals surface area contributed by atoms with Crippen molar-refractivity contribution in [3.63, 3.8) is 0 Å². The first-order valence-electron chi connectivity index (χ1n) is 16.3. The van der Waals surface area contributed by atoms with Crippen LogP contribution in [0.1, 0.15) is 122 Å². The summed E-state index contributed by atoms with van der Waals surface area (Å²) in [6.07, 6.45) is 24.3. The Morgan fingerprint density at radius 1 is 1.00 bits per heavy atom. The van der Waals surface area contributed by atoms with Crippen molar-refractivity contribution in [3.8, 4) is 0 Å². The molecule has 0 bridgehead atoms. The Balaban J connectivity index is 2.04. The van der Waals surface area contributed by atoms with Gasteiger partial charge in [0.2, 0.25) is 0 Å². The number of aryl methyl sites for hydroxylation is 1. The second kappa shape index (κ2) is 20.3. The molecule has 222 valence electrons. The molecule has 4 nitrogen and oxygen atoms in total. The van der Waals surface area contributed by atoms with E-state index in [0.29, 0.717) is 12.5 Å². The van der Waals surface area contributed by atoms with Crippen molar-refractivity contribution in [3.05, 3.63) is 48.0 Å². The van der Waals surface area contributed by atoms with Gasteiger partial charge >= 0.3 is 5.97 Å². The van der Waals surface area contributed by atoms with Crippen LogP contribution in [0.4, 0.5) is 0 Å². The monoisotopic (exact) mass is 541 g/mol. The molecule has 4 N–H and O–H groups in total. The Morgan fingerprint density at radius 2 is 1.74 bits per heavy atom. The predicted octanol–water partition coefficient (Wildman–Crippen LogP) is 8.57. The molecule has 39 heavy (non-hydrogen) atoms. The molecule has 1 aliphatic rings. The summed E-state index contributed by atoms with van der Waals surface area (Å²) in [5, 5.41) is 20.6. The number of carbonyl (C=O) groups is 1. The van der Waals surface area contributed by atoms with Crippen molar-refractivity contribution in [1.29, 1.82) is 0 Å². The van der Waals surface area contributed by atoms with Crippen LogP contribution in [-0.4, -0.2) is 28.8 Å². The number of nitrogens with two attached hydrogens (primary N) is 1. The van der Waals surface area contributed by atoms with Crippen LogP contribution in [0.2, 0.25) is 0 Å². The number of hydrogen-bond donors (Lipinski definition) is 3. The molecule has 0 radical (unpaired) electrons. The molecule has 5 atom stereocenters. The molecule has 2 rings (SSSR count). The Hall–Kier alpha value is -1.65.